The normalized spacial score (nSPS) is 27.2. The van der Waals surface area contributed by atoms with Crippen molar-refractivity contribution in [1.29, 1.82) is 0 Å². The van der Waals surface area contributed by atoms with Gasteiger partial charge >= 0.3 is 0 Å². The van der Waals surface area contributed by atoms with Crippen molar-refractivity contribution < 1.29 is 14.3 Å². The summed E-state index contributed by atoms with van der Waals surface area (Å²) in [7, 11) is 2.05. The van der Waals surface area contributed by atoms with E-state index >= 15 is 0 Å². The fourth-order valence-corrected chi connectivity index (χ4v) is 5.14. The second-order valence-electron chi connectivity index (χ2n) is 12.6. The standard InChI is InChI=1S/C32H38NO2/c1-21-23-10-11-24-19-32(30(5,6)7)20-26(31(24,8)34-35-32)18-28(22-12-14-33(9)15-13-22)27(21)17-25(16-23)29(2,3)4/h10-20H,1-9H3/q+1/b11-10?,28-18-. The molecular formula is C32H38NO2+. The smallest absolute Gasteiger partial charge is 0.169 e. The average Bonchev–Trinajstić information content (AvgIpc) is 2.76. The third-order valence-electron chi connectivity index (χ3n) is 8.00. The van der Waals surface area contributed by atoms with Crippen LogP contribution < -0.4 is 4.57 Å². The van der Waals surface area contributed by atoms with E-state index in [2.05, 4.69) is 134 Å². The van der Waals surface area contributed by atoms with Crippen LogP contribution in [0, 0.1) is 12.3 Å². The van der Waals surface area contributed by atoms with Gasteiger partial charge in [-0.05, 0) is 82.0 Å². The minimum Gasteiger partial charge on any atom is -0.220 e. The highest BCUT2D eigenvalue weighted by Crippen LogP contribution is 2.53. The third-order valence-corrected chi connectivity index (χ3v) is 8.00. The van der Waals surface area contributed by atoms with Gasteiger partial charge in [-0.3, -0.25) is 0 Å². The highest BCUT2D eigenvalue weighted by atomic mass is 17.2. The molecule has 35 heavy (non-hydrogen) atoms. The molecule has 0 radical (unpaired) electrons. The van der Waals surface area contributed by atoms with Gasteiger partial charge < -0.3 is 0 Å². The molecule has 2 aromatic rings. The first-order valence-corrected chi connectivity index (χ1v) is 12.6. The Balaban J connectivity index is 1.88. The van der Waals surface area contributed by atoms with Crippen LogP contribution in [-0.2, 0) is 22.2 Å². The summed E-state index contributed by atoms with van der Waals surface area (Å²) in [5, 5.41) is 0. The van der Waals surface area contributed by atoms with E-state index in [-0.39, 0.29) is 10.8 Å². The molecule has 2 unspecified atom stereocenters. The summed E-state index contributed by atoms with van der Waals surface area (Å²) in [6.07, 6.45) is 15.6. The van der Waals surface area contributed by atoms with E-state index in [1.165, 1.54) is 33.4 Å². The van der Waals surface area contributed by atoms with E-state index in [4.69, 9.17) is 9.78 Å². The van der Waals surface area contributed by atoms with E-state index < -0.39 is 11.2 Å². The molecule has 0 amide bonds. The van der Waals surface area contributed by atoms with E-state index in [0.717, 1.165) is 11.1 Å². The van der Waals surface area contributed by atoms with Gasteiger partial charge in [0.25, 0.3) is 0 Å². The SMILES string of the molecule is Cc1c2cc(C(C)(C)C)cc1/C(c1cc[n+](C)cc1)=C\C1=CC3(C(C)(C)C)C=C(C=C2)C1(C)OO3. The Hall–Kier alpha value is -2.75. The zero-order chi connectivity index (χ0) is 25.4. The van der Waals surface area contributed by atoms with Crippen molar-refractivity contribution >= 4 is 11.6 Å². The number of rotatable bonds is 1. The predicted molar refractivity (Wildman–Crippen MR) is 143 cm³/mol. The average molecular weight is 469 g/mol. The number of hydrogen-bond donors (Lipinski definition) is 0. The van der Waals surface area contributed by atoms with Crippen molar-refractivity contribution in [3.05, 3.63) is 99.9 Å². The molecule has 0 saturated carbocycles. The highest BCUT2D eigenvalue weighted by Gasteiger charge is 2.54. The summed E-state index contributed by atoms with van der Waals surface area (Å²) >= 11 is 0. The quantitative estimate of drug-likeness (QED) is 0.334. The zero-order valence-electron chi connectivity index (χ0n) is 22.6. The second kappa shape index (κ2) is 7.62. The third kappa shape index (κ3) is 3.77. The maximum atomic E-state index is 6.23. The highest BCUT2D eigenvalue weighted by molar-refractivity contribution is 5.86. The van der Waals surface area contributed by atoms with Gasteiger partial charge in [-0.2, -0.15) is 0 Å². The van der Waals surface area contributed by atoms with Gasteiger partial charge in [0.05, 0.1) is 0 Å². The van der Waals surface area contributed by atoms with Gasteiger partial charge in [0, 0.05) is 17.5 Å². The van der Waals surface area contributed by atoms with Gasteiger partial charge in [0.15, 0.2) is 18.0 Å². The first kappa shape index (κ1) is 24.0. The molecule has 2 atom stereocenters. The topological polar surface area (TPSA) is 22.3 Å². The van der Waals surface area contributed by atoms with E-state index in [1.54, 1.807) is 0 Å². The van der Waals surface area contributed by atoms with Crippen LogP contribution in [0.25, 0.3) is 11.6 Å². The van der Waals surface area contributed by atoms with Crippen LogP contribution in [0.5, 0.6) is 0 Å². The molecule has 3 nitrogen and oxygen atoms in total. The molecule has 0 spiro atoms. The summed E-state index contributed by atoms with van der Waals surface area (Å²) in [5.74, 6) is 0. The lowest BCUT2D eigenvalue weighted by atomic mass is 9.66. The zero-order valence-corrected chi connectivity index (χ0v) is 22.6. The molecule has 182 valence electrons. The summed E-state index contributed by atoms with van der Waals surface area (Å²) in [6, 6.07) is 9.13. The van der Waals surface area contributed by atoms with Crippen molar-refractivity contribution in [1.82, 2.24) is 0 Å². The molecule has 3 heterocycles. The molecule has 2 aliphatic carbocycles. The van der Waals surface area contributed by atoms with Gasteiger partial charge in [-0.1, -0.05) is 65.8 Å². The van der Waals surface area contributed by atoms with Crippen LogP contribution in [0.15, 0.2) is 72.1 Å². The summed E-state index contributed by atoms with van der Waals surface area (Å²) in [5.41, 5.74) is 8.33. The lowest BCUT2D eigenvalue weighted by molar-refractivity contribution is -0.671. The number of aromatic nitrogens is 1. The molecule has 6 rings (SSSR count). The molecule has 0 saturated heterocycles. The first-order valence-electron chi connectivity index (χ1n) is 12.6. The predicted octanol–water partition coefficient (Wildman–Crippen LogP) is 6.95. The molecule has 4 aliphatic rings. The van der Waals surface area contributed by atoms with Gasteiger partial charge in [0.1, 0.15) is 12.6 Å². The Morgan fingerprint density at radius 1 is 0.857 bits per heavy atom. The summed E-state index contributed by atoms with van der Waals surface area (Å²) in [6.45, 7) is 17.8. The van der Waals surface area contributed by atoms with Crippen LogP contribution >= 0.6 is 0 Å². The first-order chi connectivity index (χ1) is 16.2. The minimum atomic E-state index is -0.675. The van der Waals surface area contributed by atoms with Gasteiger partial charge in [-0.15, -0.1) is 0 Å². The molecule has 0 fully saturated rings. The Kier molecular flexibility index (Phi) is 5.22. The Morgan fingerprint density at radius 2 is 1.51 bits per heavy atom. The molecule has 1 aromatic heterocycles. The van der Waals surface area contributed by atoms with Crippen molar-refractivity contribution in [2.75, 3.05) is 0 Å². The Morgan fingerprint density at radius 3 is 2.14 bits per heavy atom. The van der Waals surface area contributed by atoms with Crippen molar-refractivity contribution in [3.63, 3.8) is 0 Å². The van der Waals surface area contributed by atoms with Crippen LogP contribution in [0.1, 0.15) is 76.3 Å². The molecule has 0 N–H and O–H groups in total. The number of hydrogen-bond acceptors (Lipinski definition) is 2. The fraction of sp³-hybridized carbons (Fsp3) is 0.406. The monoisotopic (exact) mass is 468 g/mol. The number of nitrogens with zero attached hydrogens (tertiary/aromatic N) is 1. The number of pyridine rings is 1. The maximum Gasteiger partial charge on any atom is 0.169 e. The van der Waals surface area contributed by atoms with Crippen molar-refractivity contribution in [3.8, 4) is 0 Å². The lowest BCUT2D eigenvalue weighted by Crippen LogP contribution is -2.55. The van der Waals surface area contributed by atoms with Gasteiger partial charge in [-0.25, -0.2) is 14.3 Å². The number of benzene rings is 1. The van der Waals surface area contributed by atoms with E-state index in [1.807, 2.05) is 0 Å². The number of fused-ring (bicyclic) bond motifs is 3. The Bertz CT molecular complexity index is 1330. The van der Waals surface area contributed by atoms with E-state index in [9.17, 15) is 0 Å². The number of aryl methyl sites for hydroxylation is 1. The molecular weight excluding hydrogens is 430 g/mol. The summed E-state index contributed by atoms with van der Waals surface area (Å²) < 4.78 is 2.08. The lowest BCUT2D eigenvalue weighted by Gasteiger charge is -2.52. The second-order valence-corrected chi connectivity index (χ2v) is 12.6. The maximum absolute atomic E-state index is 6.23. The van der Waals surface area contributed by atoms with Crippen LogP contribution in [0.4, 0.5) is 0 Å². The fourth-order valence-electron chi connectivity index (χ4n) is 5.14. The van der Waals surface area contributed by atoms with Crippen LogP contribution in [0.2, 0.25) is 0 Å². The van der Waals surface area contributed by atoms with Crippen LogP contribution in [-0.4, -0.2) is 11.2 Å². The van der Waals surface area contributed by atoms with Gasteiger partial charge in [0.2, 0.25) is 0 Å². The molecule has 1 aromatic carbocycles. The molecule has 6 bridgehead atoms. The molecule has 2 aliphatic heterocycles. The molecule has 3 heteroatoms. The minimum absolute atomic E-state index is 0.0378. The van der Waals surface area contributed by atoms with E-state index in [0.29, 0.717) is 0 Å². The largest absolute Gasteiger partial charge is 0.220 e. The Labute approximate surface area is 210 Å². The van der Waals surface area contributed by atoms with Crippen LogP contribution in [0.3, 0.4) is 0 Å². The summed E-state index contributed by atoms with van der Waals surface area (Å²) in [4.78, 5) is 12.3. The van der Waals surface area contributed by atoms with Crippen molar-refractivity contribution in [2.45, 2.75) is 72.0 Å². The van der Waals surface area contributed by atoms with Crippen molar-refractivity contribution in [2.24, 2.45) is 12.5 Å².